The predicted octanol–water partition coefficient (Wildman–Crippen LogP) is 4.01. The number of carbonyl (C=O) groups excluding carboxylic acids is 3. The summed E-state index contributed by atoms with van der Waals surface area (Å²) in [5.41, 5.74) is 4.00. The van der Waals surface area contributed by atoms with Crippen LogP contribution in [0.1, 0.15) is 18.1 Å². The zero-order chi connectivity index (χ0) is 28.5. The molecule has 3 N–H and O–H groups in total. The first-order chi connectivity index (χ1) is 19.3. The molecule has 3 aromatic carbocycles. The fraction of sp³-hybridized carbons (Fsp3) is 0.185. The number of ether oxygens (including phenoxy) is 4. The molecule has 0 bridgehead atoms. The van der Waals surface area contributed by atoms with Gasteiger partial charge < -0.3 is 29.6 Å². The minimum atomic E-state index is -0.938. The lowest BCUT2D eigenvalue weighted by Gasteiger charge is -2.14. The van der Waals surface area contributed by atoms with Gasteiger partial charge in [0.15, 0.2) is 29.6 Å². The number of hydrogen-bond donors (Lipinski definition) is 3. The second kappa shape index (κ2) is 13.7. The largest absolute Gasteiger partial charge is 0.490 e. The van der Waals surface area contributed by atoms with Gasteiger partial charge in [0.1, 0.15) is 0 Å². The third-order valence-corrected chi connectivity index (χ3v) is 6.09. The van der Waals surface area contributed by atoms with Crippen LogP contribution in [0.25, 0.3) is 0 Å². The van der Waals surface area contributed by atoms with Gasteiger partial charge in [-0.2, -0.15) is 5.10 Å². The molecule has 0 saturated carbocycles. The van der Waals surface area contributed by atoms with Crippen LogP contribution in [0.15, 0.2) is 64.2 Å². The zero-order valence-electron chi connectivity index (χ0n) is 21.2. The molecular weight excluding hydrogens is 608 g/mol. The van der Waals surface area contributed by atoms with Crippen molar-refractivity contribution in [2.75, 3.05) is 25.3 Å². The lowest BCUT2D eigenvalue weighted by atomic mass is 10.2. The van der Waals surface area contributed by atoms with Crippen molar-refractivity contribution < 1.29 is 33.3 Å². The molecule has 3 aromatic rings. The highest BCUT2D eigenvalue weighted by Gasteiger charge is 2.17. The second-order valence-electron chi connectivity index (χ2n) is 8.18. The highest BCUT2D eigenvalue weighted by atomic mass is 79.9. The molecule has 3 amide bonds. The lowest BCUT2D eigenvalue weighted by Crippen LogP contribution is -2.37. The molecule has 0 radical (unpaired) electrons. The van der Waals surface area contributed by atoms with E-state index in [1.165, 1.54) is 6.21 Å². The molecule has 0 saturated heterocycles. The quantitative estimate of drug-likeness (QED) is 0.175. The molecule has 208 valence electrons. The van der Waals surface area contributed by atoms with Crippen molar-refractivity contribution in [1.82, 2.24) is 10.7 Å². The van der Waals surface area contributed by atoms with Gasteiger partial charge >= 0.3 is 11.8 Å². The average molecular weight is 632 g/mol. The molecule has 11 nitrogen and oxygen atoms in total. The summed E-state index contributed by atoms with van der Waals surface area (Å²) >= 11 is 9.36. The van der Waals surface area contributed by atoms with Crippen molar-refractivity contribution in [2.24, 2.45) is 5.10 Å². The third kappa shape index (κ3) is 7.87. The summed E-state index contributed by atoms with van der Waals surface area (Å²) in [5, 5.41) is 9.57. The summed E-state index contributed by atoms with van der Waals surface area (Å²) in [4.78, 5) is 36.6. The Bertz CT molecular complexity index is 1450. The van der Waals surface area contributed by atoms with E-state index in [0.29, 0.717) is 50.4 Å². The van der Waals surface area contributed by atoms with Gasteiger partial charge in [-0.05, 0) is 76.4 Å². The number of halogens is 2. The Morgan fingerprint density at radius 2 is 1.88 bits per heavy atom. The van der Waals surface area contributed by atoms with E-state index in [0.717, 1.165) is 5.56 Å². The summed E-state index contributed by atoms with van der Waals surface area (Å²) in [6.45, 7) is 2.11. The monoisotopic (exact) mass is 630 g/mol. The predicted molar refractivity (Wildman–Crippen MR) is 151 cm³/mol. The Labute approximate surface area is 242 Å². The molecule has 1 aliphatic heterocycles. The summed E-state index contributed by atoms with van der Waals surface area (Å²) in [7, 11) is 0. The van der Waals surface area contributed by atoms with Crippen LogP contribution in [0.5, 0.6) is 23.0 Å². The zero-order valence-corrected chi connectivity index (χ0v) is 23.5. The second-order valence-corrected chi connectivity index (χ2v) is 9.47. The van der Waals surface area contributed by atoms with Crippen LogP contribution in [-0.2, 0) is 20.9 Å². The fourth-order valence-electron chi connectivity index (χ4n) is 3.50. The molecular formula is C27H24BrClN4O7. The number of nitrogens with zero attached hydrogens (tertiary/aromatic N) is 1. The Morgan fingerprint density at radius 1 is 1.05 bits per heavy atom. The van der Waals surface area contributed by atoms with Crippen LogP contribution in [0, 0.1) is 0 Å². The molecule has 0 atom stereocenters. The fourth-order valence-corrected chi connectivity index (χ4v) is 4.26. The molecule has 0 unspecified atom stereocenters. The van der Waals surface area contributed by atoms with E-state index in [1.807, 2.05) is 0 Å². The smallest absolute Gasteiger partial charge is 0.329 e. The van der Waals surface area contributed by atoms with E-state index in [9.17, 15) is 14.4 Å². The number of anilines is 1. The van der Waals surface area contributed by atoms with Crippen molar-refractivity contribution in [3.8, 4) is 23.0 Å². The van der Waals surface area contributed by atoms with Crippen molar-refractivity contribution in [2.45, 2.75) is 13.5 Å². The number of benzene rings is 3. The summed E-state index contributed by atoms with van der Waals surface area (Å²) < 4.78 is 22.4. The maximum atomic E-state index is 12.3. The summed E-state index contributed by atoms with van der Waals surface area (Å²) in [6.07, 6.45) is 1.34. The minimum Gasteiger partial charge on any atom is -0.490 e. The highest BCUT2D eigenvalue weighted by molar-refractivity contribution is 9.10. The molecule has 0 fully saturated rings. The van der Waals surface area contributed by atoms with Gasteiger partial charge in [-0.3, -0.25) is 14.4 Å². The van der Waals surface area contributed by atoms with E-state index in [4.69, 9.17) is 30.5 Å². The first kappa shape index (κ1) is 28.7. The number of nitrogens with one attached hydrogen (secondary N) is 3. The third-order valence-electron chi connectivity index (χ3n) is 5.26. The van der Waals surface area contributed by atoms with E-state index < -0.39 is 11.8 Å². The van der Waals surface area contributed by atoms with Crippen molar-refractivity contribution in [3.63, 3.8) is 0 Å². The van der Waals surface area contributed by atoms with E-state index in [2.05, 4.69) is 37.1 Å². The van der Waals surface area contributed by atoms with E-state index >= 15 is 0 Å². The Morgan fingerprint density at radius 3 is 2.67 bits per heavy atom. The van der Waals surface area contributed by atoms with Gasteiger partial charge in [0.05, 0.1) is 17.3 Å². The number of amides is 3. The minimum absolute atomic E-state index is 0.121. The lowest BCUT2D eigenvalue weighted by molar-refractivity contribution is -0.139. The molecule has 0 aliphatic carbocycles. The number of fused-ring (bicyclic) bond motifs is 1. The number of hydrazone groups is 1. The van der Waals surface area contributed by atoms with Gasteiger partial charge in [-0.25, -0.2) is 5.43 Å². The van der Waals surface area contributed by atoms with E-state index in [1.54, 1.807) is 61.5 Å². The number of rotatable bonds is 10. The average Bonchev–Trinajstić information content (AvgIpc) is 3.39. The molecule has 4 rings (SSSR count). The van der Waals surface area contributed by atoms with Gasteiger partial charge in [0.25, 0.3) is 5.91 Å². The van der Waals surface area contributed by atoms with E-state index in [-0.39, 0.29) is 25.9 Å². The molecule has 1 heterocycles. The molecule has 1 aliphatic rings. The first-order valence-electron chi connectivity index (χ1n) is 12.0. The molecule has 0 aromatic heterocycles. The number of carbonyl (C=O) groups is 3. The Kier molecular flexibility index (Phi) is 9.81. The van der Waals surface area contributed by atoms with Crippen LogP contribution in [0.2, 0.25) is 5.02 Å². The SMILES string of the molecule is CCOc1cc(/C=N\NC(=O)C(=O)NCc2ccc3c(c2)OCO3)cc(Br)c1OCC(=O)Nc1cccc(Cl)c1. The highest BCUT2D eigenvalue weighted by Crippen LogP contribution is 2.36. The summed E-state index contributed by atoms with van der Waals surface area (Å²) in [5.74, 6) is -0.316. The van der Waals surface area contributed by atoms with Gasteiger partial charge in [0.2, 0.25) is 6.79 Å². The van der Waals surface area contributed by atoms with Crippen LogP contribution < -0.4 is 35.0 Å². The molecule has 13 heteroatoms. The van der Waals surface area contributed by atoms with Crippen LogP contribution in [0.4, 0.5) is 5.69 Å². The van der Waals surface area contributed by atoms with Crippen molar-refractivity contribution in [1.29, 1.82) is 0 Å². The maximum Gasteiger partial charge on any atom is 0.329 e. The van der Waals surface area contributed by atoms with Gasteiger partial charge in [0, 0.05) is 17.3 Å². The Hall–Kier alpha value is -4.29. The van der Waals surface area contributed by atoms with Crippen molar-refractivity contribution >= 4 is 57.2 Å². The standard InChI is InChI=1S/C27H24BrClN4O7/c1-2-37-23-10-17(8-20(28)25(23)38-14-24(34)32-19-5-3-4-18(29)11-19)13-31-33-27(36)26(35)30-12-16-6-7-21-22(9-16)40-15-39-21/h3-11,13H,2,12,14-15H2,1H3,(H,30,35)(H,32,34)(H,33,36)/b31-13-. The number of hydrogen-bond acceptors (Lipinski definition) is 8. The molecule has 40 heavy (non-hydrogen) atoms. The Balaban J connectivity index is 1.31. The topological polar surface area (TPSA) is 137 Å². The molecule has 0 spiro atoms. The normalized spacial score (nSPS) is 11.7. The van der Waals surface area contributed by atoms with Crippen LogP contribution in [0.3, 0.4) is 0 Å². The van der Waals surface area contributed by atoms with Crippen LogP contribution >= 0.6 is 27.5 Å². The van der Waals surface area contributed by atoms with Gasteiger partial charge in [-0.1, -0.05) is 23.7 Å². The first-order valence-corrected chi connectivity index (χ1v) is 13.1. The maximum absolute atomic E-state index is 12.3. The summed E-state index contributed by atoms with van der Waals surface area (Å²) in [6, 6.07) is 15.2. The van der Waals surface area contributed by atoms with Gasteiger partial charge in [-0.15, -0.1) is 0 Å². The van der Waals surface area contributed by atoms with Crippen LogP contribution in [-0.4, -0.2) is 43.9 Å². The van der Waals surface area contributed by atoms with Crippen molar-refractivity contribution in [3.05, 3.63) is 75.2 Å².